The van der Waals surface area contributed by atoms with Crippen LogP contribution in [0.5, 0.6) is 0 Å². The maximum atomic E-state index is 16.0. The number of benzene rings is 2. The zero-order valence-corrected chi connectivity index (χ0v) is 45.2. The van der Waals surface area contributed by atoms with Crippen molar-refractivity contribution in [2.24, 2.45) is 10.8 Å². The van der Waals surface area contributed by atoms with Crippen molar-refractivity contribution < 1.29 is 86.1 Å². The van der Waals surface area contributed by atoms with Crippen molar-refractivity contribution in [3.8, 4) is 23.0 Å². The molecule has 0 saturated carbocycles. The van der Waals surface area contributed by atoms with E-state index in [-0.39, 0.29) is 33.5 Å². The van der Waals surface area contributed by atoms with E-state index in [9.17, 15) is 67.8 Å². The van der Waals surface area contributed by atoms with Gasteiger partial charge in [0.25, 0.3) is 5.91 Å². The summed E-state index contributed by atoms with van der Waals surface area (Å²) in [7, 11) is -1.81. The molecule has 19 nitrogen and oxygen atoms in total. The number of aliphatic hydroxyl groups excluding tert-OH is 1. The number of hydrogen-bond acceptors (Lipinski definition) is 13. The number of alkyl carbamates (subject to hydrolysis) is 2. The zero-order valence-electron chi connectivity index (χ0n) is 44.4. The minimum Gasteiger partial charge on any atom is -0.453 e. The molecule has 4 heterocycles. The Hall–Kier alpha value is -7.23. The highest BCUT2D eigenvalue weighted by Crippen LogP contribution is 2.42. The fourth-order valence-corrected chi connectivity index (χ4v) is 10.6. The van der Waals surface area contributed by atoms with Gasteiger partial charge in [0.05, 0.1) is 49.6 Å². The Morgan fingerprint density at radius 1 is 0.778 bits per heavy atom. The third kappa shape index (κ3) is 15.0. The molecule has 2 unspecified atom stereocenters. The SMILES string of the molecule is COC(=O)N[C@H](C(=O)N[C@@H](Cc1ccc(C#Cc2ccc(N3CC4CCC(C3)N4S(C)(=O)=O)nc2)cc1)[C@@H](O)CN(Cc1c(F)cc(-c2cnn(C(F)F)c2)cc1F)NC(=O)[C@@H](NC(=O)OC)C(C)(C)C(F)(F)F)C(C)(C)C(F)(F)F. The number of nitrogens with one attached hydrogen (secondary N) is 4. The number of aromatic nitrogens is 3. The molecule has 2 aromatic carbocycles. The Morgan fingerprint density at radius 3 is 1.77 bits per heavy atom. The topological polar surface area (TPSA) is 230 Å². The first-order chi connectivity index (χ1) is 37.6. The van der Waals surface area contributed by atoms with E-state index in [1.807, 2.05) is 15.6 Å². The molecule has 4 amide bonds. The van der Waals surface area contributed by atoms with Crippen LogP contribution in [0.1, 0.15) is 69.3 Å². The van der Waals surface area contributed by atoms with Crippen molar-refractivity contribution in [3.05, 3.63) is 101 Å². The average Bonchev–Trinajstić information content (AvgIpc) is 4.17. The number of methoxy groups -OCH3 is 2. The highest BCUT2D eigenvalue weighted by molar-refractivity contribution is 7.88. The summed E-state index contributed by atoms with van der Waals surface area (Å²) in [5.74, 6) is 0.411. The van der Waals surface area contributed by atoms with Crippen LogP contribution in [0.2, 0.25) is 0 Å². The summed E-state index contributed by atoms with van der Waals surface area (Å²) in [4.78, 5) is 59.4. The number of sulfonamides is 1. The normalized spacial score (nSPS) is 17.6. The Kier molecular flexibility index (Phi) is 19.3. The van der Waals surface area contributed by atoms with Crippen molar-refractivity contribution in [1.82, 2.24) is 45.5 Å². The molecule has 81 heavy (non-hydrogen) atoms. The monoisotopic (exact) mass is 1180 g/mol. The number of hydrazine groups is 1. The van der Waals surface area contributed by atoms with Crippen LogP contribution in [0.4, 0.5) is 59.3 Å². The van der Waals surface area contributed by atoms with Crippen LogP contribution >= 0.6 is 0 Å². The van der Waals surface area contributed by atoms with E-state index in [1.54, 1.807) is 21.8 Å². The smallest absolute Gasteiger partial charge is 0.407 e. The Bertz CT molecular complexity index is 3060. The van der Waals surface area contributed by atoms with Gasteiger partial charge in [-0.05, 0) is 94.5 Å². The molecule has 2 aliphatic rings. The molecule has 2 bridgehead atoms. The molecule has 2 fully saturated rings. The number of piperazine rings is 1. The summed E-state index contributed by atoms with van der Waals surface area (Å²) in [6.07, 6.45) is -10.3. The van der Waals surface area contributed by atoms with Gasteiger partial charge in [-0.1, -0.05) is 24.0 Å². The highest BCUT2D eigenvalue weighted by atomic mass is 32.2. The Morgan fingerprint density at radius 2 is 1.30 bits per heavy atom. The van der Waals surface area contributed by atoms with Crippen LogP contribution in [-0.4, -0.2) is 150 Å². The second kappa shape index (κ2) is 24.9. The number of nitrogens with zero attached hydrogens (tertiary/aromatic N) is 6. The Labute approximate surface area is 458 Å². The first-order valence-corrected chi connectivity index (χ1v) is 26.5. The van der Waals surface area contributed by atoms with E-state index in [0.29, 0.717) is 74.9 Å². The van der Waals surface area contributed by atoms with Gasteiger partial charge in [0.2, 0.25) is 15.9 Å². The molecule has 5 N–H and O–H groups in total. The number of carbonyl (C=O) groups excluding carboxylic acids is 4. The molecule has 2 aliphatic heterocycles. The second-order valence-corrected chi connectivity index (χ2v) is 22.3. The first-order valence-electron chi connectivity index (χ1n) is 24.6. The molecule has 2 aromatic heterocycles. The first kappa shape index (κ1) is 63.0. The van der Waals surface area contributed by atoms with Crippen LogP contribution in [-0.2, 0) is 42.1 Å². The number of ether oxygens (including phenoxy) is 2. The van der Waals surface area contributed by atoms with Gasteiger partial charge in [-0.3, -0.25) is 15.0 Å². The number of fused-ring (bicyclic) bond motifs is 2. The Balaban J connectivity index is 1.33. The van der Waals surface area contributed by atoms with Crippen LogP contribution in [0.3, 0.4) is 0 Å². The lowest BCUT2D eigenvalue weighted by Crippen LogP contribution is -2.63. The van der Waals surface area contributed by atoms with Crippen LogP contribution in [0.25, 0.3) is 11.1 Å². The molecular weight excluding hydrogens is 1120 g/mol. The van der Waals surface area contributed by atoms with Gasteiger partial charge in [0.15, 0.2) is 0 Å². The number of hydrogen-bond donors (Lipinski definition) is 5. The number of halogens is 10. The van der Waals surface area contributed by atoms with Crippen LogP contribution in [0.15, 0.2) is 67.1 Å². The summed E-state index contributed by atoms with van der Waals surface area (Å²) in [5.41, 5.74) is -4.49. The van der Waals surface area contributed by atoms with Crippen molar-refractivity contribution in [2.75, 3.05) is 45.0 Å². The number of alkyl halides is 8. The number of anilines is 1. The minimum absolute atomic E-state index is 0.182. The fraction of sp³-hybridized carbons (Fsp3) is 0.490. The summed E-state index contributed by atoms with van der Waals surface area (Å²) in [6.45, 7) is -2.32. The molecule has 0 aliphatic carbocycles. The van der Waals surface area contributed by atoms with Crippen molar-refractivity contribution >= 4 is 39.8 Å². The predicted octanol–water partition coefficient (Wildman–Crippen LogP) is 6.18. The van der Waals surface area contributed by atoms with E-state index < -0.39 is 125 Å². The maximum Gasteiger partial charge on any atom is 0.407 e. The number of aliphatic hydroxyl groups is 1. The number of rotatable bonds is 19. The summed E-state index contributed by atoms with van der Waals surface area (Å²) in [6, 6.07) is 3.48. The lowest BCUT2D eigenvalue weighted by molar-refractivity contribution is -0.221. The van der Waals surface area contributed by atoms with Gasteiger partial charge >= 0.3 is 31.1 Å². The van der Waals surface area contributed by atoms with E-state index in [1.165, 1.54) is 36.7 Å². The van der Waals surface area contributed by atoms with Gasteiger partial charge < -0.3 is 35.4 Å². The summed E-state index contributed by atoms with van der Waals surface area (Å²) < 4.78 is 181. The molecule has 0 spiro atoms. The highest BCUT2D eigenvalue weighted by Gasteiger charge is 2.57. The van der Waals surface area contributed by atoms with E-state index in [0.717, 1.165) is 39.5 Å². The number of amides is 4. The van der Waals surface area contributed by atoms with Crippen molar-refractivity contribution in [1.29, 1.82) is 0 Å². The minimum atomic E-state index is -5.24. The van der Waals surface area contributed by atoms with Gasteiger partial charge in [-0.2, -0.15) is 44.5 Å². The standard InChI is InChI=1S/C51H58F10N10O9S/c1-48(2,50(56,57)58)41(65-46(75)79-5)43(73)64-38(18-29-11-8-28(9-12-29)10-13-30-14-17-40(62-21-30)68-24-33-15-16-34(25-68)71(33)81(7,77)78)39(72)27-69(67-44(74)42(66-47(76)80-6)49(3,4)51(59,60)61)26-35-36(52)19-31(20-37(35)53)32-22-63-70(23-32)45(54)55/h8-9,11-12,14,17,19-23,33-34,38-39,41-42,45,72H,15-16,18,24-27H2,1-7H3,(H,64,73)(H,65,75)(H,66,76)(H,67,74)/t33?,34?,38-,39-,41+,42+/m0/s1. The largest absolute Gasteiger partial charge is 0.453 e. The average molecular weight is 1180 g/mol. The van der Waals surface area contributed by atoms with E-state index in [4.69, 9.17) is 0 Å². The van der Waals surface area contributed by atoms with Crippen LogP contribution < -0.4 is 26.3 Å². The van der Waals surface area contributed by atoms with Gasteiger partial charge in [0, 0.05) is 72.9 Å². The quantitative estimate of drug-likeness (QED) is 0.0402. The fourth-order valence-electron chi connectivity index (χ4n) is 9.17. The molecule has 0 radical (unpaired) electrons. The van der Waals surface area contributed by atoms with Gasteiger partial charge in [0.1, 0.15) is 29.5 Å². The van der Waals surface area contributed by atoms with E-state index in [2.05, 4.69) is 36.7 Å². The molecule has 30 heteroatoms. The molecular formula is C51H58F10N10O9S. The molecule has 6 atom stereocenters. The third-order valence-corrected chi connectivity index (χ3v) is 15.4. The van der Waals surface area contributed by atoms with Crippen LogP contribution in [0, 0.1) is 34.3 Å². The number of carbonyl (C=O) groups is 4. The van der Waals surface area contributed by atoms with Gasteiger partial charge in [-0.25, -0.2) is 41.5 Å². The zero-order chi connectivity index (χ0) is 60.2. The molecule has 4 aromatic rings. The van der Waals surface area contributed by atoms with Gasteiger partial charge in [-0.15, -0.1) is 0 Å². The second-order valence-electron chi connectivity index (χ2n) is 20.5. The lowest BCUT2D eigenvalue weighted by Gasteiger charge is -2.40. The number of pyridine rings is 1. The molecule has 2 saturated heterocycles. The maximum absolute atomic E-state index is 16.0. The van der Waals surface area contributed by atoms with Crippen molar-refractivity contribution in [3.63, 3.8) is 0 Å². The molecule has 6 rings (SSSR count). The predicted molar refractivity (Wildman–Crippen MR) is 270 cm³/mol. The lowest BCUT2D eigenvalue weighted by atomic mass is 9.82. The third-order valence-electron chi connectivity index (χ3n) is 14.0. The van der Waals surface area contributed by atoms with E-state index >= 15 is 8.78 Å². The summed E-state index contributed by atoms with van der Waals surface area (Å²) in [5, 5.41) is 21.8. The van der Waals surface area contributed by atoms with Crippen molar-refractivity contribution in [2.45, 2.75) is 109 Å². The summed E-state index contributed by atoms with van der Waals surface area (Å²) >= 11 is 0. The molecule has 442 valence electrons.